The van der Waals surface area contributed by atoms with Crippen LogP contribution in [0.15, 0.2) is 24.3 Å². The minimum Gasteiger partial charge on any atom is -0.495 e. The molecule has 0 saturated carbocycles. The Morgan fingerprint density at radius 1 is 1.48 bits per heavy atom. The molecule has 1 atom stereocenters. The van der Waals surface area contributed by atoms with Gasteiger partial charge in [0, 0.05) is 24.1 Å². The number of carbonyl (C=O) groups is 1. The van der Waals surface area contributed by atoms with Gasteiger partial charge < -0.3 is 10.1 Å². The third-order valence-electron chi connectivity index (χ3n) is 3.67. The van der Waals surface area contributed by atoms with Crippen molar-refractivity contribution >= 4 is 23.4 Å². The number of methoxy groups -OCH3 is 1. The highest BCUT2D eigenvalue weighted by Crippen LogP contribution is 2.25. The van der Waals surface area contributed by atoms with Gasteiger partial charge in [-0.1, -0.05) is 26.0 Å². The number of benzene rings is 1. The maximum absolute atomic E-state index is 12.2. The summed E-state index contributed by atoms with van der Waals surface area (Å²) in [6, 6.07) is 7.50. The minimum atomic E-state index is 0.0221. The molecule has 1 aromatic carbocycles. The van der Waals surface area contributed by atoms with Crippen LogP contribution in [0.2, 0.25) is 0 Å². The van der Waals surface area contributed by atoms with Gasteiger partial charge >= 0.3 is 0 Å². The van der Waals surface area contributed by atoms with Gasteiger partial charge in [0.15, 0.2) is 0 Å². The maximum atomic E-state index is 12.2. The number of ether oxygens (including phenoxy) is 1. The fourth-order valence-corrected chi connectivity index (χ4v) is 3.79. The van der Waals surface area contributed by atoms with Gasteiger partial charge in [0.25, 0.3) is 0 Å². The van der Waals surface area contributed by atoms with Gasteiger partial charge in [-0.2, -0.15) is 11.8 Å². The third-order valence-corrected chi connectivity index (χ3v) is 5.21. The zero-order chi connectivity index (χ0) is 15.2. The van der Waals surface area contributed by atoms with E-state index in [-0.39, 0.29) is 5.91 Å². The number of hydrogen-bond acceptors (Lipinski definition) is 4. The van der Waals surface area contributed by atoms with Gasteiger partial charge in [-0.05, 0) is 18.1 Å². The van der Waals surface area contributed by atoms with Crippen LogP contribution in [-0.4, -0.2) is 48.6 Å². The molecule has 116 valence electrons. The Hall–Kier alpha value is -1.20. The number of nitrogens with one attached hydrogen (secondary N) is 1. The first-order chi connectivity index (χ1) is 10.1. The van der Waals surface area contributed by atoms with Gasteiger partial charge in [-0.25, -0.2) is 0 Å². The minimum absolute atomic E-state index is 0.0221. The van der Waals surface area contributed by atoms with Gasteiger partial charge in [-0.15, -0.1) is 0 Å². The highest BCUT2D eigenvalue weighted by Gasteiger charge is 2.24. The van der Waals surface area contributed by atoms with E-state index in [2.05, 4.69) is 24.1 Å². The zero-order valence-electron chi connectivity index (χ0n) is 13.0. The highest BCUT2D eigenvalue weighted by atomic mass is 32.2. The molecular formula is C16H24N2O2S. The number of amides is 1. The molecule has 2 rings (SSSR count). The van der Waals surface area contributed by atoms with E-state index in [1.807, 2.05) is 36.0 Å². The predicted molar refractivity (Wildman–Crippen MR) is 89.1 cm³/mol. The number of carbonyl (C=O) groups excluding carboxylic acids is 1. The average molecular weight is 308 g/mol. The maximum Gasteiger partial charge on any atom is 0.238 e. The van der Waals surface area contributed by atoms with Crippen molar-refractivity contribution in [3.63, 3.8) is 0 Å². The lowest BCUT2D eigenvalue weighted by Gasteiger charge is -2.33. The Morgan fingerprint density at radius 2 is 2.24 bits per heavy atom. The predicted octanol–water partition coefficient (Wildman–Crippen LogP) is 2.71. The van der Waals surface area contributed by atoms with Crippen LogP contribution >= 0.6 is 11.8 Å². The second-order valence-corrected chi connectivity index (χ2v) is 6.98. The Morgan fingerprint density at radius 3 is 2.95 bits per heavy atom. The molecule has 5 heteroatoms. The molecule has 1 saturated heterocycles. The van der Waals surface area contributed by atoms with Gasteiger partial charge in [-0.3, -0.25) is 9.69 Å². The Balaban J connectivity index is 1.89. The van der Waals surface area contributed by atoms with E-state index in [9.17, 15) is 4.79 Å². The Labute approximate surface area is 131 Å². The lowest BCUT2D eigenvalue weighted by molar-refractivity contribution is -0.117. The van der Waals surface area contributed by atoms with E-state index in [1.165, 1.54) is 0 Å². The summed E-state index contributed by atoms with van der Waals surface area (Å²) in [7, 11) is 1.61. The first kappa shape index (κ1) is 16.2. The van der Waals surface area contributed by atoms with Crippen LogP contribution in [0, 0.1) is 5.92 Å². The molecule has 0 aromatic heterocycles. The van der Waals surface area contributed by atoms with Crippen molar-refractivity contribution in [1.82, 2.24) is 4.90 Å². The molecule has 1 aromatic rings. The summed E-state index contributed by atoms with van der Waals surface area (Å²) >= 11 is 2.02. The van der Waals surface area contributed by atoms with Crippen molar-refractivity contribution in [2.75, 3.05) is 37.8 Å². The Bertz CT molecular complexity index is 479. The van der Waals surface area contributed by atoms with Crippen LogP contribution in [0.25, 0.3) is 0 Å². The normalized spacial score (nSPS) is 19.5. The third kappa shape index (κ3) is 4.64. The smallest absolute Gasteiger partial charge is 0.238 e. The zero-order valence-corrected chi connectivity index (χ0v) is 13.8. The van der Waals surface area contributed by atoms with E-state index in [1.54, 1.807) is 7.11 Å². The summed E-state index contributed by atoms with van der Waals surface area (Å²) in [6.45, 7) is 6.91. The van der Waals surface area contributed by atoms with Gasteiger partial charge in [0.1, 0.15) is 5.75 Å². The molecule has 0 unspecified atom stereocenters. The number of anilines is 1. The van der Waals surface area contributed by atoms with Crippen LogP contribution < -0.4 is 10.1 Å². The summed E-state index contributed by atoms with van der Waals surface area (Å²) in [4.78, 5) is 14.5. The summed E-state index contributed by atoms with van der Waals surface area (Å²) in [5, 5.41) is 3.56. The van der Waals surface area contributed by atoms with E-state index in [0.717, 1.165) is 24.5 Å². The average Bonchev–Trinajstić information content (AvgIpc) is 2.48. The molecule has 0 aliphatic carbocycles. The van der Waals surface area contributed by atoms with Crippen LogP contribution in [-0.2, 0) is 4.79 Å². The number of para-hydroxylation sites is 2. The molecule has 1 amide bonds. The molecule has 0 spiro atoms. The van der Waals surface area contributed by atoms with Crippen molar-refractivity contribution in [3.05, 3.63) is 24.3 Å². The number of rotatable bonds is 5. The largest absolute Gasteiger partial charge is 0.495 e. The fourth-order valence-electron chi connectivity index (χ4n) is 2.42. The Kier molecular flexibility index (Phi) is 5.94. The molecule has 4 nitrogen and oxygen atoms in total. The van der Waals surface area contributed by atoms with Gasteiger partial charge in [0.05, 0.1) is 19.3 Å². The topological polar surface area (TPSA) is 41.6 Å². The van der Waals surface area contributed by atoms with Gasteiger partial charge in [0.2, 0.25) is 5.91 Å². The second kappa shape index (κ2) is 7.71. The summed E-state index contributed by atoms with van der Waals surface area (Å²) < 4.78 is 5.25. The number of nitrogens with zero attached hydrogens (tertiary/aromatic N) is 1. The molecule has 1 fully saturated rings. The fraction of sp³-hybridized carbons (Fsp3) is 0.562. The van der Waals surface area contributed by atoms with Crippen molar-refractivity contribution in [2.24, 2.45) is 5.92 Å². The quantitative estimate of drug-likeness (QED) is 0.908. The number of hydrogen-bond donors (Lipinski definition) is 1. The first-order valence-electron chi connectivity index (χ1n) is 7.37. The summed E-state index contributed by atoms with van der Waals surface area (Å²) in [5.74, 6) is 2.47. The van der Waals surface area contributed by atoms with Crippen molar-refractivity contribution in [2.45, 2.75) is 19.1 Å². The first-order valence-corrected chi connectivity index (χ1v) is 8.42. The molecule has 21 heavy (non-hydrogen) atoms. The highest BCUT2D eigenvalue weighted by molar-refractivity contribution is 8.00. The van der Waals surface area contributed by atoms with E-state index in [0.29, 0.717) is 23.5 Å². The lowest BCUT2D eigenvalue weighted by Crippen LogP contribution is -2.43. The molecule has 1 N–H and O–H groups in total. The van der Waals surface area contributed by atoms with Crippen molar-refractivity contribution in [3.8, 4) is 5.75 Å². The van der Waals surface area contributed by atoms with E-state index in [4.69, 9.17) is 4.74 Å². The second-order valence-electron chi connectivity index (χ2n) is 5.64. The van der Waals surface area contributed by atoms with Crippen molar-refractivity contribution < 1.29 is 9.53 Å². The summed E-state index contributed by atoms with van der Waals surface area (Å²) in [5.41, 5.74) is 0.733. The summed E-state index contributed by atoms with van der Waals surface area (Å²) in [6.07, 6.45) is 0. The monoisotopic (exact) mass is 308 g/mol. The molecule has 0 radical (unpaired) electrons. The van der Waals surface area contributed by atoms with Crippen LogP contribution in [0.1, 0.15) is 13.8 Å². The molecule has 0 bridgehead atoms. The SMILES string of the molecule is COc1ccccc1NC(=O)CN1CCS[C@H](C(C)C)C1. The standard InChI is InChI=1S/C16H24N2O2S/c1-12(2)15-10-18(8-9-21-15)11-16(19)17-13-6-4-5-7-14(13)20-3/h4-7,12,15H,8-11H2,1-3H3,(H,17,19)/t15-/m0/s1. The van der Waals surface area contributed by atoms with Crippen LogP contribution in [0.5, 0.6) is 5.75 Å². The lowest BCUT2D eigenvalue weighted by atomic mass is 10.1. The van der Waals surface area contributed by atoms with E-state index < -0.39 is 0 Å². The van der Waals surface area contributed by atoms with E-state index >= 15 is 0 Å². The van der Waals surface area contributed by atoms with Crippen LogP contribution in [0.4, 0.5) is 5.69 Å². The van der Waals surface area contributed by atoms with Crippen LogP contribution in [0.3, 0.4) is 0 Å². The number of thioether (sulfide) groups is 1. The molecular weight excluding hydrogens is 284 g/mol. The molecule has 1 heterocycles. The molecule has 1 aliphatic rings. The van der Waals surface area contributed by atoms with Crippen molar-refractivity contribution in [1.29, 1.82) is 0 Å². The molecule has 1 aliphatic heterocycles.